The molecular formula is C14H21NO2. The van der Waals surface area contributed by atoms with E-state index in [0.717, 1.165) is 12.3 Å². The van der Waals surface area contributed by atoms with Gasteiger partial charge in [-0.05, 0) is 56.5 Å². The summed E-state index contributed by atoms with van der Waals surface area (Å²) in [6, 6.07) is 4.30. The maximum atomic E-state index is 5.83. The molecule has 2 unspecified atom stereocenters. The molecule has 1 aromatic rings. The predicted octanol–water partition coefficient (Wildman–Crippen LogP) is 2.71. The molecule has 0 saturated carbocycles. The van der Waals surface area contributed by atoms with E-state index in [4.69, 9.17) is 9.47 Å². The molecule has 17 heavy (non-hydrogen) atoms. The van der Waals surface area contributed by atoms with Crippen LogP contribution in [0.1, 0.15) is 36.6 Å². The Morgan fingerprint density at radius 2 is 2.12 bits per heavy atom. The van der Waals surface area contributed by atoms with Crippen LogP contribution in [0.3, 0.4) is 0 Å². The minimum atomic E-state index is 0.145. The number of hydrogen-bond donors (Lipinski definition) is 1. The van der Waals surface area contributed by atoms with Crippen molar-refractivity contribution < 1.29 is 9.47 Å². The summed E-state index contributed by atoms with van der Waals surface area (Å²) >= 11 is 0. The second-order valence-electron chi connectivity index (χ2n) is 4.58. The van der Waals surface area contributed by atoms with Gasteiger partial charge in [0.15, 0.2) is 0 Å². The van der Waals surface area contributed by atoms with Gasteiger partial charge in [0.1, 0.15) is 12.0 Å². The van der Waals surface area contributed by atoms with E-state index in [2.05, 4.69) is 31.3 Å². The van der Waals surface area contributed by atoms with Crippen LogP contribution in [0.4, 0.5) is 0 Å². The lowest BCUT2D eigenvalue weighted by molar-refractivity contribution is 0.0525. The fourth-order valence-corrected chi connectivity index (χ4v) is 2.27. The van der Waals surface area contributed by atoms with Crippen LogP contribution in [-0.2, 0) is 4.74 Å². The van der Waals surface area contributed by atoms with E-state index in [-0.39, 0.29) is 12.3 Å². The van der Waals surface area contributed by atoms with E-state index in [1.54, 1.807) is 0 Å². The van der Waals surface area contributed by atoms with Gasteiger partial charge in [0.2, 0.25) is 0 Å². The molecule has 1 fully saturated rings. The first kappa shape index (κ1) is 12.4. The standard InChI is InChI=1S/C14H21NO2/c1-5-16-13-7-9(2)12(6-10(13)3)14-8-15-11(4)17-14/h6-7,11,14-15H,5,8H2,1-4H3. The summed E-state index contributed by atoms with van der Waals surface area (Å²) in [7, 11) is 0. The van der Waals surface area contributed by atoms with Gasteiger partial charge in [-0.15, -0.1) is 0 Å². The number of hydrogen-bond acceptors (Lipinski definition) is 3. The number of aryl methyl sites for hydroxylation is 2. The SMILES string of the molecule is CCOc1cc(C)c(C2CNC(C)O2)cc1C. The third-order valence-corrected chi connectivity index (χ3v) is 3.17. The lowest BCUT2D eigenvalue weighted by Gasteiger charge is -2.16. The van der Waals surface area contributed by atoms with Gasteiger partial charge >= 0.3 is 0 Å². The average molecular weight is 235 g/mol. The summed E-state index contributed by atoms with van der Waals surface area (Å²) in [5.74, 6) is 0.979. The molecule has 2 atom stereocenters. The van der Waals surface area contributed by atoms with Crippen LogP contribution in [0.2, 0.25) is 0 Å². The highest BCUT2D eigenvalue weighted by atomic mass is 16.5. The van der Waals surface area contributed by atoms with Crippen LogP contribution < -0.4 is 10.1 Å². The Balaban J connectivity index is 2.26. The molecule has 1 aromatic carbocycles. The topological polar surface area (TPSA) is 30.5 Å². The van der Waals surface area contributed by atoms with Gasteiger partial charge in [0.05, 0.1) is 12.7 Å². The smallest absolute Gasteiger partial charge is 0.122 e. The van der Waals surface area contributed by atoms with Crippen molar-refractivity contribution in [3.63, 3.8) is 0 Å². The van der Waals surface area contributed by atoms with Crippen molar-refractivity contribution in [3.8, 4) is 5.75 Å². The van der Waals surface area contributed by atoms with Gasteiger partial charge in [-0.25, -0.2) is 0 Å². The Morgan fingerprint density at radius 3 is 2.71 bits per heavy atom. The summed E-state index contributed by atoms with van der Waals surface area (Å²) in [5, 5.41) is 3.30. The highest BCUT2D eigenvalue weighted by Crippen LogP contribution is 2.30. The van der Waals surface area contributed by atoms with Crippen molar-refractivity contribution in [2.24, 2.45) is 0 Å². The van der Waals surface area contributed by atoms with Crippen molar-refractivity contribution in [2.45, 2.75) is 40.0 Å². The normalized spacial score (nSPS) is 24.0. The Bertz CT molecular complexity index is 403. The molecule has 1 aliphatic heterocycles. The van der Waals surface area contributed by atoms with Crippen LogP contribution in [0.25, 0.3) is 0 Å². The van der Waals surface area contributed by atoms with Crippen molar-refractivity contribution >= 4 is 0 Å². The molecular weight excluding hydrogens is 214 g/mol. The van der Waals surface area contributed by atoms with Crippen LogP contribution in [0.15, 0.2) is 12.1 Å². The van der Waals surface area contributed by atoms with Crippen molar-refractivity contribution in [2.75, 3.05) is 13.2 Å². The number of benzene rings is 1. The molecule has 0 aromatic heterocycles. The first-order chi connectivity index (χ1) is 8.11. The van der Waals surface area contributed by atoms with Crippen LogP contribution in [-0.4, -0.2) is 19.4 Å². The number of ether oxygens (including phenoxy) is 2. The average Bonchev–Trinajstić information content (AvgIpc) is 2.70. The number of nitrogens with one attached hydrogen (secondary N) is 1. The minimum absolute atomic E-state index is 0.145. The molecule has 3 heteroatoms. The van der Waals surface area contributed by atoms with E-state index in [9.17, 15) is 0 Å². The van der Waals surface area contributed by atoms with E-state index in [0.29, 0.717) is 6.61 Å². The zero-order valence-corrected chi connectivity index (χ0v) is 11.0. The lowest BCUT2D eigenvalue weighted by Crippen LogP contribution is -2.17. The monoisotopic (exact) mass is 235 g/mol. The van der Waals surface area contributed by atoms with Gasteiger partial charge in [-0.2, -0.15) is 0 Å². The second kappa shape index (κ2) is 5.07. The third-order valence-electron chi connectivity index (χ3n) is 3.17. The van der Waals surface area contributed by atoms with E-state index < -0.39 is 0 Å². The second-order valence-corrected chi connectivity index (χ2v) is 4.58. The summed E-state index contributed by atoms with van der Waals surface area (Å²) in [5.41, 5.74) is 3.68. The molecule has 0 radical (unpaired) electrons. The molecule has 0 spiro atoms. The van der Waals surface area contributed by atoms with E-state index in [1.165, 1.54) is 16.7 Å². The fourth-order valence-electron chi connectivity index (χ4n) is 2.27. The molecule has 1 aliphatic rings. The molecule has 0 aliphatic carbocycles. The molecule has 0 bridgehead atoms. The van der Waals surface area contributed by atoms with E-state index >= 15 is 0 Å². The quantitative estimate of drug-likeness (QED) is 0.873. The Labute approximate surface area is 103 Å². The molecule has 3 nitrogen and oxygen atoms in total. The van der Waals surface area contributed by atoms with Gasteiger partial charge in [0.25, 0.3) is 0 Å². The maximum Gasteiger partial charge on any atom is 0.122 e. The third kappa shape index (κ3) is 2.61. The molecule has 1 heterocycles. The number of rotatable bonds is 3. The lowest BCUT2D eigenvalue weighted by atomic mass is 10.00. The zero-order valence-electron chi connectivity index (χ0n) is 11.0. The molecule has 2 rings (SSSR count). The Kier molecular flexibility index (Phi) is 3.69. The van der Waals surface area contributed by atoms with Gasteiger partial charge in [0, 0.05) is 6.54 Å². The van der Waals surface area contributed by atoms with Crippen LogP contribution >= 0.6 is 0 Å². The molecule has 1 N–H and O–H groups in total. The van der Waals surface area contributed by atoms with Crippen LogP contribution in [0, 0.1) is 13.8 Å². The van der Waals surface area contributed by atoms with Crippen molar-refractivity contribution in [1.82, 2.24) is 5.32 Å². The first-order valence-corrected chi connectivity index (χ1v) is 6.24. The summed E-state index contributed by atoms with van der Waals surface area (Å²) in [6.07, 6.45) is 0.311. The minimum Gasteiger partial charge on any atom is -0.494 e. The maximum absolute atomic E-state index is 5.83. The van der Waals surface area contributed by atoms with E-state index in [1.807, 2.05) is 13.8 Å². The van der Waals surface area contributed by atoms with Crippen molar-refractivity contribution in [3.05, 3.63) is 28.8 Å². The van der Waals surface area contributed by atoms with Crippen molar-refractivity contribution in [1.29, 1.82) is 0 Å². The highest BCUT2D eigenvalue weighted by Gasteiger charge is 2.24. The Hall–Kier alpha value is -1.06. The molecule has 94 valence electrons. The summed E-state index contributed by atoms with van der Waals surface area (Å²) in [6.45, 7) is 9.84. The summed E-state index contributed by atoms with van der Waals surface area (Å²) < 4.78 is 11.4. The van der Waals surface area contributed by atoms with Gasteiger partial charge in [-0.1, -0.05) is 0 Å². The summed E-state index contributed by atoms with van der Waals surface area (Å²) in [4.78, 5) is 0. The largest absolute Gasteiger partial charge is 0.494 e. The first-order valence-electron chi connectivity index (χ1n) is 6.24. The van der Waals surface area contributed by atoms with Crippen LogP contribution in [0.5, 0.6) is 5.75 Å². The predicted molar refractivity (Wildman–Crippen MR) is 68.4 cm³/mol. The van der Waals surface area contributed by atoms with Gasteiger partial charge in [-0.3, -0.25) is 5.32 Å². The fraction of sp³-hybridized carbons (Fsp3) is 0.571. The zero-order chi connectivity index (χ0) is 12.4. The molecule has 0 amide bonds. The highest BCUT2D eigenvalue weighted by molar-refractivity contribution is 5.42. The Morgan fingerprint density at radius 1 is 1.35 bits per heavy atom. The molecule has 1 saturated heterocycles. The van der Waals surface area contributed by atoms with Gasteiger partial charge < -0.3 is 9.47 Å².